The highest BCUT2D eigenvalue weighted by molar-refractivity contribution is 9.10. The number of carbonyl (C=O) groups is 1. The highest BCUT2D eigenvalue weighted by atomic mass is 79.9. The highest BCUT2D eigenvalue weighted by Gasteiger charge is 2.40. The van der Waals surface area contributed by atoms with E-state index in [1.54, 1.807) is 48.0 Å². The molecule has 2 aliphatic rings. The normalized spacial score (nSPS) is 18.7. The first kappa shape index (κ1) is 22.9. The topological polar surface area (TPSA) is 65.4 Å². The minimum absolute atomic E-state index is 0.140. The third-order valence-electron chi connectivity index (χ3n) is 5.36. The van der Waals surface area contributed by atoms with Crippen LogP contribution in [0.3, 0.4) is 0 Å². The number of amidine groups is 1. The van der Waals surface area contributed by atoms with Gasteiger partial charge in [0.1, 0.15) is 21.4 Å². The second-order valence-corrected chi connectivity index (χ2v) is 10.4. The Kier molecular flexibility index (Phi) is 6.33. The second kappa shape index (κ2) is 9.40. The number of hydrogen-bond donors (Lipinski definition) is 1. The summed E-state index contributed by atoms with van der Waals surface area (Å²) in [5, 5.41) is 11.2. The van der Waals surface area contributed by atoms with Gasteiger partial charge in [-0.1, -0.05) is 27.7 Å². The van der Waals surface area contributed by atoms with Gasteiger partial charge in [-0.3, -0.25) is 9.69 Å². The van der Waals surface area contributed by atoms with Crippen LogP contribution in [0.5, 0.6) is 11.5 Å². The first-order valence-electron chi connectivity index (χ1n) is 10.5. The standard InChI is InChI=1S/C25H20BrN3O3S2/c1-3-28-20-14-19(32-2)12-13-21(20)33-24(28)22-23(31)29(17-8-10-18(30)11-9-17)25(34-22)27-16-6-4-15(26)5-7-16/h4-14,30H,3H2,1-2H3. The van der Waals surface area contributed by atoms with Crippen LogP contribution in [0.25, 0.3) is 0 Å². The zero-order valence-electron chi connectivity index (χ0n) is 18.4. The Morgan fingerprint density at radius 1 is 1.03 bits per heavy atom. The number of ether oxygens (including phenoxy) is 1. The number of anilines is 2. The molecule has 1 N–H and O–H groups in total. The van der Waals surface area contributed by atoms with Gasteiger partial charge in [0.25, 0.3) is 5.91 Å². The van der Waals surface area contributed by atoms with Crippen molar-refractivity contribution < 1.29 is 14.6 Å². The minimum atomic E-state index is -0.146. The third kappa shape index (κ3) is 4.19. The molecule has 0 spiro atoms. The summed E-state index contributed by atoms with van der Waals surface area (Å²) in [6, 6.07) is 20.2. The van der Waals surface area contributed by atoms with Gasteiger partial charge in [-0.2, -0.15) is 0 Å². The molecule has 0 saturated carbocycles. The Balaban J connectivity index is 1.61. The zero-order chi connectivity index (χ0) is 23.8. The first-order chi connectivity index (χ1) is 16.5. The fourth-order valence-corrected chi connectivity index (χ4v) is 6.34. The van der Waals surface area contributed by atoms with Crippen molar-refractivity contribution in [2.75, 3.05) is 23.5 Å². The number of aromatic hydroxyl groups is 1. The second-order valence-electron chi connectivity index (χ2n) is 7.44. The maximum Gasteiger partial charge on any atom is 0.274 e. The number of carbonyl (C=O) groups excluding carboxylic acids is 1. The predicted octanol–water partition coefficient (Wildman–Crippen LogP) is 6.73. The molecule has 3 aromatic carbocycles. The van der Waals surface area contributed by atoms with Crippen LogP contribution in [0.1, 0.15) is 6.92 Å². The van der Waals surface area contributed by atoms with Crippen molar-refractivity contribution in [1.82, 2.24) is 0 Å². The van der Waals surface area contributed by atoms with Gasteiger partial charge in [-0.05, 0) is 79.3 Å². The lowest BCUT2D eigenvalue weighted by molar-refractivity contribution is -0.113. The molecule has 0 bridgehead atoms. The summed E-state index contributed by atoms with van der Waals surface area (Å²) in [4.78, 5) is 24.0. The number of thioether (sulfide) groups is 2. The molecule has 0 aromatic heterocycles. The number of methoxy groups -OCH3 is 1. The number of benzene rings is 3. The molecule has 2 aliphatic heterocycles. The van der Waals surface area contributed by atoms with Gasteiger partial charge in [-0.25, -0.2) is 4.99 Å². The van der Waals surface area contributed by atoms with Gasteiger partial charge in [0.15, 0.2) is 5.17 Å². The van der Waals surface area contributed by atoms with E-state index in [4.69, 9.17) is 9.73 Å². The van der Waals surface area contributed by atoms with E-state index < -0.39 is 0 Å². The number of fused-ring (bicyclic) bond motifs is 1. The van der Waals surface area contributed by atoms with Crippen LogP contribution in [-0.2, 0) is 4.79 Å². The van der Waals surface area contributed by atoms with Crippen molar-refractivity contribution in [3.05, 3.63) is 81.1 Å². The summed E-state index contributed by atoms with van der Waals surface area (Å²) in [5.74, 6) is 0.769. The van der Waals surface area contributed by atoms with Crippen LogP contribution >= 0.6 is 39.5 Å². The largest absolute Gasteiger partial charge is 0.508 e. The summed E-state index contributed by atoms with van der Waals surface area (Å²) in [7, 11) is 1.65. The molecule has 9 heteroatoms. The number of nitrogens with zero attached hydrogens (tertiary/aromatic N) is 3. The fraction of sp³-hybridized carbons (Fsp3) is 0.120. The average Bonchev–Trinajstić information content (AvgIpc) is 3.37. The number of phenolic OH excluding ortho intramolecular Hbond substituents is 1. The molecule has 1 fully saturated rings. The van der Waals surface area contributed by atoms with Crippen LogP contribution in [-0.4, -0.2) is 29.8 Å². The van der Waals surface area contributed by atoms with E-state index in [9.17, 15) is 9.90 Å². The van der Waals surface area contributed by atoms with Crippen molar-refractivity contribution in [3.8, 4) is 11.5 Å². The lowest BCUT2D eigenvalue weighted by Gasteiger charge is -2.19. The smallest absolute Gasteiger partial charge is 0.274 e. The van der Waals surface area contributed by atoms with Gasteiger partial charge in [0.05, 0.1) is 24.2 Å². The number of aliphatic imine (C=N–C) groups is 1. The van der Waals surface area contributed by atoms with E-state index in [0.717, 1.165) is 31.5 Å². The van der Waals surface area contributed by atoms with E-state index in [-0.39, 0.29) is 11.7 Å². The molecule has 172 valence electrons. The van der Waals surface area contributed by atoms with E-state index in [1.807, 2.05) is 42.5 Å². The molecule has 2 heterocycles. The predicted molar refractivity (Wildman–Crippen MR) is 143 cm³/mol. The summed E-state index contributed by atoms with van der Waals surface area (Å²) in [5.41, 5.74) is 2.41. The Morgan fingerprint density at radius 3 is 2.44 bits per heavy atom. The molecule has 5 rings (SSSR count). The Morgan fingerprint density at radius 2 is 1.76 bits per heavy atom. The number of amides is 1. The molecule has 1 amide bonds. The summed E-state index contributed by atoms with van der Waals surface area (Å²) >= 11 is 6.39. The molecular weight excluding hydrogens is 534 g/mol. The molecule has 1 saturated heterocycles. The Bertz CT molecular complexity index is 1320. The molecule has 0 aliphatic carbocycles. The number of phenols is 1. The number of halogens is 1. The Labute approximate surface area is 214 Å². The minimum Gasteiger partial charge on any atom is -0.508 e. The molecule has 0 radical (unpaired) electrons. The molecule has 0 atom stereocenters. The number of rotatable bonds is 4. The van der Waals surface area contributed by atoms with Crippen LogP contribution < -0.4 is 14.5 Å². The van der Waals surface area contributed by atoms with Crippen LogP contribution in [0, 0.1) is 0 Å². The van der Waals surface area contributed by atoms with Gasteiger partial charge in [0.2, 0.25) is 0 Å². The monoisotopic (exact) mass is 553 g/mol. The number of hydrogen-bond acceptors (Lipinski definition) is 7. The first-order valence-corrected chi connectivity index (χ1v) is 12.9. The highest BCUT2D eigenvalue weighted by Crippen LogP contribution is 2.52. The van der Waals surface area contributed by atoms with Gasteiger partial charge in [-0.15, -0.1) is 0 Å². The van der Waals surface area contributed by atoms with E-state index in [1.165, 1.54) is 11.8 Å². The lowest BCUT2D eigenvalue weighted by Crippen LogP contribution is -2.29. The maximum absolute atomic E-state index is 13.8. The van der Waals surface area contributed by atoms with Crippen LogP contribution in [0.4, 0.5) is 17.1 Å². The van der Waals surface area contributed by atoms with E-state index >= 15 is 0 Å². The van der Waals surface area contributed by atoms with Crippen molar-refractivity contribution >= 4 is 67.6 Å². The van der Waals surface area contributed by atoms with Crippen molar-refractivity contribution in [2.24, 2.45) is 4.99 Å². The lowest BCUT2D eigenvalue weighted by atomic mass is 10.2. The molecule has 3 aromatic rings. The zero-order valence-corrected chi connectivity index (χ0v) is 21.6. The summed E-state index contributed by atoms with van der Waals surface area (Å²) in [6.45, 7) is 2.77. The van der Waals surface area contributed by atoms with Crippen LogP contribution in [0.15, 0.2) is 91.0 Å². The fourth-order valence-electron chi connectivity index (χ4n) is 3.71. The maximum atomic E-state index is 13.8. The SMILES string of the molecule is CCN1C(=C2SC(=Nc3ccc(Br)cc3)N(c3ccc(O)cc3)C2=O)Sc2ccc(OC)cc21. The van der Waals surface area contributed by atoms with E-state index in [0.29, 0.717) is 22.3 Å². The average molecular weight is 554 g/mol. The Hall–Kier alpha value is -2.88. The molecule has 0 unspecified atom stereocenters. The van der Waals surface area contributed by atoms with Gasteiger partial charge in [0, 0.05) is 22.0 Å². The van der Waals surface area contributed by atoms with Gasteiger partial charge < -0.3 is 14.7 Å². The van der Waals surface area contributed by atoms with Crippen molar-refractivity contribution in [1.29, 1.82) is 0 Å². The summed E-state index contributed by atoms with van der Waals surface area (Å²) < 4.78 is 6.37. The summed E-state index contributed by atoms with van der Waals surface area (Å²) in [6.07, 6.45) is 0. The van der Waals surface area contributed by atoms with E-state index in [2.05, 4.69) is 27.8 Å². The molecule has 6 nitrogen and oxygen atoms in total. The van der Waals surface area contributed by atoms with Crippen LogP contribution in [0.2, 0.25) is 0 Å². The quantitative estimate of drug-likeness (QED) is 0.361. The third-order valence-corrected chi connectivity index (χ3v) is 8.23. The molecular formula is C25H20BrN3O3S2. The van der Waals surface area contributed by atoms with Gasteiger partial charge >= 0.3 is 0 Å². The van der Waals surface area contributed by atoms with Crippen molar-refractivity contribution in [3.63, 3.8) is 0 Å². The van der Waals surface area contributed by atoms with Crippen molar-refractivity contribution in [2.45, 2.75) is 11.8 Å². The molecule has 34 heavy (non-hydrogen) atoms.